The highest BCUT2D eigenvalue weighted by Crippen LogP contribution is 2.21. The number of nitrogens with zero attached hydrogens (tertiary/aromatic N) is 3. The van der Waals surface area contributed by atoms with Gasteiger partial charge in [0.1, 0.15) is 16.6 Å². The van der Waals surface area contributed by atoms with Crippen LogP contribution in [-0.2, 0) is 11.2 Å². The summed E-state index contributed by atoms with van der Waals surface area (Å²) < 4.78 is 0. The predicted molar refractivity (Wildman–Crippen MR) is 94.4 cm³/mol. The van der Waals surface area contributed by atoms with Gasteiger partial charge in [0.25, 0.3) is 5.91 Å². The lowest BCUT2D eigenvalue weighted by Gasteiger charge is -1.99. The molecule has 0 bridgehead atoms. The van der Waals surface area contributed by atoms with Gasteiger partial charge in [0.05, 0.1) is 0 Å². The highest BCUT2D eigenvalue weighted by molar-refractivity contribution is 7.15. The van der Waals surface area contributed by atoms with Gasteiger partial charge in [-0.05, 0) is 18.6 Å². The van der Waals surface area contributed by atoms with Gasteiger partial charge in [-0.25, -0.2) is 0 Å². The van der Waals surface area contributed by atoms with Crippen LogP contribution in [0.4, 0.5) is 5.13 Å². The Bertz CT molecular complexity index is 947. The second kappa shape index (κ2) is 7.06. The first-order valence-corrected chi connectivity index (χ1v) is 8.34. The van der Waals surface area contributed by atoms with Crippen molar-refractivity contribution in [2.45, 2.75) is 19.8 Å². The Morgan fingerprint density at radius 3 is 3.04 bits per heavy atom. The summed E-state index contributed by atoms with van der Waals surface area (Å²) >= 11 is 1.33. The smallest absolute Gasteiger partial charge is 0.268 e. The van der Waals surface area contributed by atoms with Crippen molar-refractivity contribution in [3.63, 3.8) is 0 Å². The Hall–Kier alpha value is -2.98. The molecule has 2 heterocycles. The van der Waals surface area contributed by atoms with Gasteiger partial charge < -0.3 is 4.98 Å². The lowest BCUT2D eigenvalue weighted by atomic mass is 10.1. The number of carbonyl (C=O) groups excluding carboxylic acids is 1. The fourth-order valence-corrected chi connectivity index (χ4v) is 3.14. The number of hydrogen-bond donors (Lipinski definition) is 2. The van der Waals surface area contributed by atoms with E-state index >= 15 is 0 Å². The first-order valence-electron chi connectivity index (χ1n) is 7.53. The predicted octanol–water partition coefficient (Wildman–Crippen LogP) is 3.52. The Balaban J connectivity index is 1.82. The Morgan fingerprint density at radius 1 is 1.42 bits per heavy atom. The minimum absolute atomic E-state index is 0.0204. The van der Waals surface area contributed by atoms with Gasteiger partial charge in [0.2, 0.25) is 5.13 Å². The number of H-pyrrole nitrogens is 1. The van der Waals surface area contributed by atoms with E-state index in [1.807, 2.05) is 30.3 Å². The lowest BCUT2D eigenvalue weighted by molar-refractivity contribution is -0.112. The summed E-state index contributed by atoms with van der Waals surface area (Å²) in [6, 6.07) is 9.66. The quantitative estimate of drug-likeness (QED) is 0.550. The second-order valence-electron chi connectivity index (χ2n) is 5.16. The number of hydrogen-bond acceptors (Lipinski definition) is 5. The molecule has 0 aliphatic heterocycles. The highest BCUT2D eigenvalue weighted by atomic mass is 32.1. The van der Waals surface area contributed by atoms with Crippen molar-refractivity contribution in [2.75, 3.05) is 5.32 Å². The van der Waals surface area contributed by atoms with E-state index in [9.17, 15) is 10.1 Å². The van der Waals surface area contributed by atoms with Crippen LogP contribution in [0, 0.1) is 11.3 Å². The topological polar surface area (TPSA) is 94.5 Å². The molecule has 6 nitrogen and oxygen atoms in total. The molecule has 3 aromatic rings. The summed E-state index contributed by atoms with van der Waals surface area (Å²) in [6.07, 6.45) is 5.14. The van der Waals surface area contributed by atoms with Gasteiger partial charge in [-0.3, -0.25) is 10.1 Å². The molecular formula is C17H15N5OS. The van der Waals surface area contributed by atoms with Crippen LogP contribution in [0.25, 0.3) is 17.0 Å². The first kappa shape index (κ1) is 15.9. The molecule has 24 heavy (non-hydrogen) atoms. The van der Waals surface area contributed by atoms with E-state index in [0.29, 0.717) is 5.13 Å². The molecule has 0 radical (unpaired) electrons. The van der Waals surface area contributed by atoms with Gasteiger partial charge in [-0.15, -0.1) is 10.2 Å². The van der Waals surface area contributed by atoms with Gasteiger partial charge >= 0.3 is 0 Å². The molecule has 3 rings (SSSR count). The molecule has 0 aliphatic rings. The third-order valence-electron chi connectivity index (χ3n) is 3.44. The highest BCUT2D eigenvalue weighted by Gasteiger charge is 2.13. The molecule has 0 spiro atoms. The third kappa shape index (κ3) is 3.34. The molecule has 1 amide bonds. The lowest BCUT2D eigenvalue weighted by Crippen LogP contribution is -2.13. The number of amides is 1. The van der Waals surface area contributed by atoms with Crippen LogP contribution >= 0.6 is 11.3 Å². The van der Waals surface area contributed by atoms with Crippen LogP contribution in [0.5, 0.6) is 0 Å². The molecule has 0 saturated carbocycles. The van der Waals surface area contributed by atoms with Gasteiger partial charge in [-0.2, -0.15) is 5.26 Å². The van der Waals surface area contributed by atoms with Crippen molar-refractivity contribution in [1.82, 2.24) is 15.2 Å². The number of nitriles is 1. The van der Waals surface area contributed by atoms with Crippen molar-refractivity contribution in [3.8, 4) is 6.07 Å². The molecule has 2 N–H and O–H groups in total. The van der Waals surface area contributed by atoms with Crippen LogP contribution in [0.1, 0.15) is 23.9 Å². The SMILES string of the molecule is CCCc1nnc(NC(=O)/C(C#N)=C\c2c[nH]c3ccccc23)s1. The number of nitrogens with one attached hydrogen (secondary N) is 2. The number of fused-ring (bicyclic) bond motifs is 1. The number of aromatic nitrogens is 3. The van der Waals surface area contributed by atoms with Crippen molar-refractivity contribution in [2.24, 2.45) is 0 Å². The van der Waals surface area contributed by atoms with Crippen molar-refractivity contribution in [3.05, 3.63) is 46.6 Å². The van der Waals surface area contributed by atoms with E-state index in [4.69, 9.17) is 0 Å². The van der Waals surface area contributed by atoms with E-state index in [1.54, 1.807) is 12.3 Å². The summed E-state index contributed by atoms with van der Waals surface area (Å²) in [5, 5.41) is 22.1. The van der Waals surface area contributed by atoms with E-state index in [1.165, 1.54) is 11.3 Å². The van der Waals surface area contributed by atoms with Gasteiger partial charge in [0, 0.05) is 29.1 Å². The zero-order valence-electron chi connectivity index (χ0n) is 13.0. The summed E-state index contributed by atoms with van der Waals surface area (Å²) in [7, 11) is 0. The number of anilines is 1. The molecule has 120 valence electrons. The zero-order valence-corrected chi connectivity index (χ0v) is 13.9. The van der Waals surface area contributed by atoms with E-state index in [0.717, 1.165) is 34.3 Å². The number of aryl methyl sites for hydroxylation is 1. The average molecular weight is 337 g/mol. The number of benzene rings is 1. The molecule has 1 aromatic carbocycles. The molecule has 0 unspecified atom stereocenters. The fraction of sp³-hybridized carbons (Fsp3) is 0.176. The third-order valence-corrected chi connectivity index (χ3v) is 4.34. The molecule has 0 atom stereocenters. The van der Waals surface area contributed by atoms with E-state index in [2.05, 4.69) is 27.4 Å². The Morgan fingerprint density at radius 2 is 2.25 bits per heavy atom. The Kier molecular flexibility index (Phi) is 4.68. The number of para-hydroxylation sites is 1. The molecule has 0 aliphatic carbocycles. The summed E-state index contributed by atoms with van der Waals surface area (Å²) in [6.45, 7) is 2.05. The van der Waals surface area contributed by atoms with Crippen molar-refractivity contribution in [1.29, 1.82) is 5.26 Å². The molecule has 0 saturated heterocycles. The molecule has 0 fully saturated rings. The largest absolute Gasteiger partial charge is 0.361 e. The minimum Gasteiger partial charge on any atom is -0.361 e. The Labute approximate surface area is 142 Å². The second-order valence-corrected chi connectivity index (χ2v) is 6.23. The van der Waals surface area contributed by atoms with E-state index in [-0.39, 0.29) is 5.57 Å². The van der Waals surface area contributed by atoms with Gasteiger partial charge in [0.15, 0.2) is 0 Å². The maximum atomic E-state index is 12.3. The van der Waals surface area contributed by atoms with Crippen molar-refractivity contribution < 1.29 is 4.79 Å². The number of aromatic amines is 1. The zero-order chi connectivity index (χ0) is 16.9. The summed E-state index contributed by atoms with van der Waals surface area (Å²) in [5.74, 6) is -0.484. The maximum Gasteiger partial charge on any atom is 0.268 e. The van der Waals surface area contributed by atoms with E-state index < -0.39 is 5.91 Å². The molecular weight excluding hydrogens is 322 g/mol. The van der Waals surface area contributed by atoms with Crippen LogP contribution in [-0.4, -0.2) is 21.1 Å². The molecule has 2 aromatic heterocycles. The minimum atomic E-state index is -0.484. The first-order chi connectivity index (χ1) is 11.7. The number of carbonyl (C=O) groups is 1. The van der Waals surface area contributed by atoms with Crippen LogP contribution in [0.2, 0.25) is 0 Å². The van der Waals surface area contributed by atoms with Crippen LogP contribution in [0.3, 0.4) is 0 Å². The van der Waals surface area contributed by atoms with Crippen molar-refractivity contribution >= 4 is 39.4 Å². The summed E-state index contributed by atoms with van der Waals surface area (Å²) in [4.78, 5) is 15.4. The van der Waals surface area contributed by atoms with Gasteiger partial charge in [-0.1, -0.05) is 36.5 Å². The van der Waals surface area contributed by atoms with Crippen LogP contribution in [0.15, 0.2) is 36.0 Å². The fourth-order valence-electron chi connectivity index (χ4n) is 2.30. The summed E-state index contributed by atoms with van der Waals surface area (Å²) in [5.41, 5.74) is 1.77. The van der Waals surface area contributed by atoms with Crippen LogP contribution < -0.4 is 5.32 Å². The average Bonchev–Trinajstić information content (AvgIpc) is 3.20. The normalized spacial score (nSPS) is 11.4. The standard InChI is InChI=1S/C17H15N5OS/c1-2-5-15-21-22-17(24-15)20-16(23)11(9-18)8-12-10-19-14-7-4-3-6-13(12)14/h3-4,6-8,10,19H,2,5H2,1H3,(H,20,22,23)/b11-8-. The monoisotopic (exact) mass is 337 g/mol. The molecule has 7 heteroatoms. The maximum absolute atomic E-state index is 12.3. The number of rotatable bonds is 5.